The maximum atomic E-state index is 13.1. The largest absolute Gasteiger partial charge is 0.481 e. The summed E-state index contributed by atoms with van der Waals surface area (Å²) in [5.41, 5.74) is 1.74. The molecule has 92 valence electrons. The van der Waals surface area contributed by atoms with E-state index in [-0.39, 0.29) is 17.7 Å². The van der Waals surface area contributed by atoms with Gasteiger partial charge >= 0.3 is 5.97 Å². The van der Waals surface area contributed by atoms with Crippen molar-refractivity contribution in [3.63, 3.8) is 0 Å². The lowest BCUT2D eigenvalue weighted by atomic mass is 9.94. The molecular formula is C14H17FO2. The minimum absolute atomic E-state index is 0.161. The average molecular weight is 236 g/mol. The van der Waals surface area contributed by atoms with Crippen LogP contribution in [-0.2, 0) is 11.2 Å². The first-order chi connectivity index (χ1) is 7.99. The van der Waals surface area contributed by atoms with Gasteiger partial charge in [-0.25, -0.2) is 4.39 Å². The standard InChI is InChI=1S/C14H17FO2/c1-8(11-7-12(11)14(16)17)5-10-3-4-13(15)9(2)6-10/h3-4,6,8,11-12H,5,7H2,1-2H3,(H,16,17). The summed E-state index contributed by atoms with van der Waals surface area (Å²) in [4.78, 5) is 10.8. The molecule has 1 fully saturated rings. The van der Waals surface area contributed by atoms with Crippen molar-refractivity contribution in [3.05, 3.63) is 35.1 Å². The Morgan fingerprint density at radius 2 is 2.29 bits per heavy atom. The number of hydrogen-bond acceptors (Lipinski definition) is 1. The molecular weight excluding hydrogens is 219 g/mol. The van der Waals surface area contributed by atoms with Crippen LogP contribution in [-0.4, -0.2) is 11.1 Å². The predicted molar refractivity (Wildman–Crippen MR) is 63.2 cm³/mol. The van der Waals surface area contributed by atoms with Crippen LogP contribution in [0.2, 0.25) is 0 Å². The first kappa shape index (κ1) is 12.1. The zero-order valence-electron chi connectivity index (χ0n) is 10.1. The number of aliphatic carboxylic acids is 1. The molecule has 0 radical (unpaired) electrons. The van der Waals surface area contributed by atoms with Crippen LogP contribution >= 0.6 is 0 Å². The minimum Gasteiger partial charge on any atom is -0.481 e. The Hall–Kier alpha value is -1.38. The third-order valence-electron chi connectivity index (χ3n) is 3.67. The molecule has 1 aromatic carbocycles. The van der Waals surface area contributed by atoms with E-state index in [4.69, 9.17) is 5.11 Å². The monoisotopic (exact) mass is 236 g/mol. The topological polar surface area (TPSA) is 37.3 Å². The molecule has 0 amide bonds. The molecule has 1 aliphatic rings. The molecule has 1 aliphatic carbocycles. The summed E-state index contributed by atoms with van der Waals surface area (Å²) in [7, 11) is 0. The fraction of sp³-hybridized carbons (Fsp3) is 0.500. The lowest BCUT2D eigenvalue weighted by Crippen LogP contribution is -2.08. The second-order valence-electron chi connectivity index (χ2n) is 5.11. The van der Waals surface area contributed by atoms with Crippen LogP contribution < -0.4 is 0 Å². The van der Waals surface area contributed by atoms with Crippen LogP contribution in [0.3, 0.4) is 0 Å². The van der Waals surface area contributed by atoms with Gasteiger partial charge in [0.25, 0.3) is 0 Å². The van der Waals surface area contributed by atoms with Crippen molar-refractivity contribution < 1.29 is 14.3 Å². The fourth-order valence-electron chi connectivity index (χ4n) is 2.48. The molecule has 0 aliphatic heterocycles. The number of rotatable bonds is 4. The Kier molecular flexibility index (Phi) is 3.18. The Labute approximate surface area is 100 Å². The minimum atomic E-state index is -0.683. The molecule has 3 heteroatoms. The number of carboxylic acids is 1. The molecule has 1 N–H and O–H groups in total. The normalized spacial score (nSPS) is 24.4. The summed E-state index contributed by atoms with van der Waals surface area (Å²) in [6.07, 6.45) is 1.62. The number of hydrogen-bond donors (Lipinski definition) is 1. The Balaban J connectivity index is 1.97. The lowest BCUT2D eigenvalue weighted by Gasteiger charge is -2.11. The van der Waals surface area contributed by atoms with Crippen LogP contribution in [0.25, 0.3) is 0 Å². The van der Waals surface area contributed by atoms with Gasteiger partial charge in [-0.1, -0.05) is 19.1 Å². The second-order valence-corrected chi connectivity index (χ2v) is 5.11. The van der Waals surface area contributed by atoms with Gasteiger partial charge in [0.15, 0.2) is 0 Å². The van der Waals surface area contributed by atoms with Crippen molar-refractivity contribution in [2.75, 3.05) is 0 Å². The number of carboxylic acid groups (broad SMARTS) is 1. The third kappa shape index (κ3) is 2.65. The highest BCUT2D eigenvalue weighted by Gasteiger charge is 2.45. The summed E-state index contributed by atoms with van der Waals surface area (Å²) in [5, 5.41) is 8.87. The maximum absolute atomic E-state index is 13.1. The van der Waals surface area contributed by atoms with E-state index in [0.29, 0.717) is 11.5 Å². The number of benzene rings is 1. The number of aryl methyl sites for hydroxylation is 1. The van der Waals surface area contributed by atoms with Gasteiger partial charge in [0, 0.05) is 0 Å². The molecule has 1 aromatic rings. The predicted octanol–water partition coefficient (Wildman–Crippen LogP) is 3.03. The fourth-order valence-corrected chi connectivity index (χ4v) is 2.48. The van der Waals surface area contributed by atoms with Gasteiger partial charge in [-0.2, -0.15) is 0 Å². The van der Waals surface area contributed by atoms with E-state index in [2.05, 4.69) is 6.92 Å². The van der Waals surface area contributed by atoms with Crippen LogP contribution in [0.4, 0.5) is 4.39 Å². The van der Waals surface area contributed by atoms with E-state index in [1.54, 1.807) is 13.0 Å². The highest BCUT2D eigenvalue weighted by atomic mass is 19.1. The summed E-state index contributed by atoms with van der Waals surface area (Å²) < 4.78 is 13.1. The van der Waals surface area contributed by atoms with E-state index in [1.165, 1.54) is 6.07 Å². The van der Waals surface area contributed by atoms with Crippen LogP contribution in [0.15, 0.2) is 18.2 Å². The van der Waals surface area contributed by atoms with Gasteiger partial charge in [-0.3, -0.25) is 4.79 Å². The van der Waals surface area contributed by atoms with Crippen molar-refractivity contribution in [2.24, 2.45) is 17.8 Å². The second kappa shape index (κ2) is 4.47. The van der Waals surface area contributed by atoms with Crippen LogP contribution in [0, 0.1) is 30.5 Å². The third-order valence-corrected chi connectivity index (χ3v) is 3.67. The summed E-state index contributed by atoms with van der Waals surface area (Å²) in [6.45, 7) is 3.83. The van der Waals surface area contributed by atoms with Gasteiger partial charge in [0.05, 0.1) is 5.92 Å². The molecule has 2 rings (SSSR count). The SMILES string of the molecule is Cc1cc(CC(C)C2CC2C(=O)O)ccc1F. The van der Waals surface area contributed by atoms with Gasteiger partial charge in [0.1, 0.15) is 5.82 Å². The van der Waals surface area contributed by atoms with Crippen molar-refractivity contribution in [2.45, 2.75) is 26.7 Å². The van der Waals surface area contributed by atoms with E-state index < -0.39 is 5.97 Å². The maximum Gasteiger partial charge on any atom is 0.306 e. The molecule has 2 nitrogen and oxygen atoms in total. The number of halogens is 1. The van der Waals surface area contributed by atoms with Crippen molar-refractivity contribution in [1.82, 2.24) is 0 Å². The molecule has 0 saturated heterocycles. The zero-order chi connectivity index (χ0) is 12.6. The van der Waals surface area contributed by atoms with Crippen molar-refractivity contribution >= 4 is 5.97 Å². The van der Waals surface area contributed by atoms with Gasteiger partial charge in [-0.15, -0.1) is 0 Å². The Morgan fingerprint density at radius 3 is 2.82 bits per heavy atom. The Morgan fingerprint density at radius 1 is 1.59 bits per heavy atom. The number of carbonyl (C=O) groups is 1. The van der Waals surface area contributed by atoms with Crippen LogP contribution in [0.1, 0.15) is 24.5 Å². The molecule has 0 bridgehead atoms. The van der Waals surface area contributed by atoms with E-state index in [1.807, 2.05) is 6.07 Å². The quantitative estimate of drug-likeness (QED) is 0.872. The van der Waals surface area contributed by atoms with Gasteiger partial charge in [-0.05, 0) is 48.8 Å². The summed E-state index contributed by atoms with van der Waals surface area (Å²) >= 11 is 0. The molecule has 3 unspecified atom stereocenters. The van der Waals surface area contributed by atoms with Crippen LogP contribution in [0.5, 0.6) is 0 Å². The molecule has 0 aromatic heterocycles. The van der Waals surface area contributed by atoms with Crippen molar-refractivity contribution in [1.29, 1.82) is 0 Å². The zero-order valence-corrected chi connectivity index (χ0v) is 10.1. The first-order valence-electron chi connectivity index (χ1n) is 5.97. The summed E-state index contributed by atoms with van der Waals surface area (Å²) in [6, 6.07) is 5.12. The summed E-state index contributed by atoms with van der Waals surface area (Å²) in [5.74, 6) is -0.390. The highest BCUT2D eigenvalue weighted by Crippen LogP contribution is 2.45. The highest BCUT2D eigenvalue weighted by molar-refractivity contribution is 5.73. The van der Waals surface area contributed by atoms with Gasteiger partial charge < -0.3 is 5.11 Å². The van der Waals surface area contributed by atoms with E-state index in [9.17, 15) is 9.18 Å². The lowest BCUT2D eigenvalue weighted by molar-refractivity contribution is -0.139. The van der Waals surface area contributed by atoms with Crippen molar-refractivity contribution in [3.8, 4) is 0 Å². The molecule has 0 spiro atoms. The Bertz CT molecular complexity index is 442. The average Bonchev–Trinajstić information content (AvgIpc) is 3.03. The molecule has 3 atom stereocenters. The molecule has 17 heavy (non-hydrogen) atoms. The molecule has 0 heterocycles. The van der Waals surface area contributed by atoms with E-state index in [0.717, 1.165) is 18.4 Å². The van der Waals surface area contributed by atoms with Gasteiger partial charge in [0.2, 0.25) is 0 Å². The first-order valence-corrected chi connectivity index (χ1v) is 5.97. The van der Waals surface area contributed by atoms with E-state index >= 15 is 0 Å². The smallest absolute Gasteiger partial charge is 0.306 e. The molecule has 1 saturated carbocycles.